The molecule has 1 aromatic heterocycles. The largest absolute Gasteiger partial charge is 0.396 e. The van der Waals surface area contributed by atoms with Crippen molar-refractivity contribution in [3.05, 3.63) is 35.4 Å². The van der Waals surface area contributed by atoms with E-state index in [-0.39, 0.29) is 22.2 Å². The summed E-state index contributed by atoms with van der Waals surface area (Å²) < 4.78 is 41.0. The van der Waals surface area contributed by atoms with Crippen molar-refractivity contribution in [2.75, 3.05) is 12.3 Å². The topological polar surface area (TPSA) is 103 Å². The third kappa shape index (κ3) is 3.24. The minimum atomic E-state index is -3.87. The molecule has 0 aliphatic carbocycles. The standard InChI is InChI=1S/C10H11ClFN5O2S/c11-7-5-8(12)9(13)6-10(7)20(18,19)15-2-4-17-3-1-14-16-17/h1,3,5-6,15H,2,4,13H2. The van der Waals surface area contributed by atoms with Gasteiger partial charge in [-0.2, -0.15) is 0 Å². The Bertz CT molecular complexity index is 705. The van der Waals surface area contributed by atoms with E-state index in [9.17, 15) is 12.8 Å². The number of rotatable bonds is 5. The highest BCUT2D eigenvalue weighted by Crippen LogP contribution is 2.25. The van der Waals surface area contributed by atoms with Crippen LogP contribution in [-0.2, 0) is 16.6 Å². The molecule has 0 fully saturated rings. The van der Waals surface area contributed by atoms with Gasteiger partial charge in [-0.1, -0.05) is 16.8 Å². The molecule has 10 heteroatoms. The second-order valence-electron chi connectivity index (χ2n) is 3.87. The van der Waals surface area contributed by atoms with Gasteiger partial charge in [0.2, 0.25) is 10.0 Å². The first-order valence-corrected chi connectivity index (χ1v) is 7.34. The minimum absolute atomic E-state index is 0.0826. The summed E-state index contributed by atoms with van der Waals surface area (Å²) >= 11 is 5.72. The number of hydrogen-bond donors (Lipinski definition) is 2. The molecule has 108 valence electrons. The Labute approximate surface area is 119 Å². The van der Waals surface area contributed by atoms with Crippen molar-refractivity contribution < 1.29 is 12.8 Å². The maximum absolute atomic E-state index is 13.1. The van der Waals surface area contributed by atoms with Crippen molar-refractivity contribution in [2.45, 2.75) is 11.4 Å². The van der Waals surface area contributed by atoms with Gasteiger partial charge in [-0.05, 0) is 12.1 Å². The number of aromatic nitrogens is 3. The molecule has 0 atom stereocenters. The summed E-state index contributed by atoms with van der Waals surface area (Å²) in [6.07, 6.45) is 3.07. The van der Waals surface area contributed by atoms with Crippen LogP contribution in [-0.4, -0.2) is 30.0 Å². The van der Waals surface area contributed by atoms with E-state index in [1.807, 2.05) is 0 Å². The molecule has 0 saturated heterocycles. The predicted molar refractivity (Wildman–Crippen MR) is 71.0 cm³/mol. The molecular formula is C10H11ClFN5O2S. The fraction of sp³-hybridized carbons (Fsp3) is 0.200. The van der Waals surface area contributed by atoms with Crippen LogP contribution < -0.4 is 10.5 Å². The number of nitrogens with one attached hydrogen (secondary N) is 1. The number of nitrogens with zero attached hydrogens (tertiary/aromatic N) is 3. The number of hydrogen-bond acceptors (Lipinski definition) is 5. The quantitative estimate of drug-likeness (QED) is 0.787. The monoisotopic (exact) mass is 319 g/mol. The van der Waals surface area contributed by atoms with E-state index in [4.69, 9.17) is 17.3 Å². The summed E-state index contributed by atoms with van der Waals surface area (Å²) in [7, 11) is -3.87. The molecule has 0 spiro atoms. The van der Waals surface area contributed by atoms with E-state index in [1.54, 1.807) is 6.20 Å². The number of halogens is 2. The summed E-state index contributed by atoms with van der Waals surface area (Å²) in [6.45, 7) is 0.382. The molecule has 1 aromatic carbocycles. The van der Waals surface area contributed by atoms with Crippen LogP contribution in [0.2, 0.25) is 5.02 Å². The van der Waals surface area contributed by atoms with Crippen LogP contribution in [0.15, 0.2) is 29.4 Å². The lowest BCUT2D eigenvalue weighted by Gasteiger charge is -2.09. The molecule has 0 saturated carbocycles. The molecule has 0 amide bonds. The van der Waals surface area contributed by atoms with E-state index in [1.165, 1.54) is 10.9 Å². The smallest absolute Gasteiger partial charge is 0.242 e. The van der Waals surface area contributed by atoms with E-state index < -0.39 is 15.8 Å². The molecule has 0 aliphatic heterocycles. The fourth-order valence-corrected chi connectivity index (χ4v) is 3.04. The first-order chi connectivity index (χ1) is 9.40. The molecule has 3 N–H and O–H groups in total. The van der Waals surface area contributed by atoms with Crippen molar-refractivity contribution in [2.24, 2.45) is 0 Å². The van der Waals surface area contributed by atoms with Crippen LogP contribution in [0.25, 0.3) is 0 Å². The molecule has 0 aliphatic rings. The number of sulfonamides is 1. The number of anilines is 1. The van der Waals surface area contributed by atoms with Gasteiger partial charge < -0.3 is 5.73 Å². The summed E-state index contributed by atoms with van der Waals surface area (Å²) in [5, 5.41) is 7.04. The van der Waals surface area contributed by atoms with Gasteiger partial charge in [-0.15, -0.1) is 5.10 Å². The van der Waals surface area contributed by atoms with Gasteiger partial charge in [-0.25, -0.2) is 17.5 Å². The van der Waals surface area contributed by atoms with Gasteiger partial charge in [0, 0.05) is 12.7 Å². The zero-order valence-electron chi connectivity index (χ0n) is 10.1. The number of nitrogen functional groups attached to an aromatic ring is 1. The van der Waals surface area contributed by atoms with Gasteiger partial charge in [0.25, 0.3) is 0 Å². The van der Waals surface area contributed by atoms with E-state index >= 15 is 0 Å². The van der Waals surface area contributed by atoms with Gasteiger partial charge >= 0.3 is 0 Å². The highest BCUT2D eigenvalue weighted by molar-refractivity contribution is 7.89. The minimum Gasteiger partial charge on any atom is -0.396 e. The fourth-order valence-electron chi connectivity index (χ4n) is 1.48. The van der Waals surface area contributed by atoms with Crippen LogP contribution in [0.1, 0.15) is 0 Å². The highest BCUT2D eigenvalue weighted by atomic mass is 35.5. The van der Waals surface area contributed by atoms with Crippen LogP contribution in [0.5, 0.6) is 0 Å². The summed E-state index contributed by atoms with van der Waals surface area (Å²) in [5.41, 5.74) is 5.06. The maximum atomic E-state index is 13.1. The predicted octanol–water partition coefficient (Wildman–Crippen LogP) is 0.631. The van der Waals surface area contributed by atoms with Crippen LogP contribution in [0.4, 0.5) is 10.1 Å². The summed E-state index contributed by atoms with van der Waals surface area (Å²) in [4.78, 5) is -0.267. The molecule has 2 rings (SSSR count). The molecule has 0 bridgehead atoms. The summed E-state index contributed by atoms with van der Waals surface area (Å²) in [6, 6.07) is 1.85. The molecule has 2 aromatic rings. The van der Waals surface area contributed by atoms with Gasteiger partial charge in [0.1, 0.15) is 10.7 Å². The Kier molecular flexibility index (Phi) is 4.21. The van der Waals surface area contributed by atoms with Crippen molar-refractivity contribution in [3.63, 3.8) is 0 Å². The van der Waals surface area contributed by atoms with E-state index in [2.05, 4.69) is 15.0 Å². The third-order valence-electron chi connectivity index (χ3n) is 2.45. The van der Waals surface area contributed by atoms with Crippen molar-refractivity contribution in [3.8, 4) is 0 Å². The molecular weight excluding hydrogens is 309 g/mol. The van der Waals surface area contributed by atoms with Crippen molar-refractivity contribution >= 4 is 27.3 Å². The van der Waals surface area contributed by atoms with Gasteiger partial charge in [0.15, 0.2) is 0 Å². The average Bonchev–Trinajstić information content (AvgIpc) is 2.86. The lowest BCUT2D eigenvalue weighted by Crippen LogP contribution is -2.28. The molecule has 0 radical (unpaired) electrons. The van der Waals surface area contributed by atoms with Crippen LogP contribution in [0.3, 0.4) is 0 Å². The Morgan fingerprint density at radius 3 is 2.85 bits per heavy atom. The number of nitrogens with two attached hydrogens (primary N) is 1. The van der Waals surface area contributed by atoms with Crippen molar-refractivity contribution in [1.82, 2.24) is 19.7 Å². The van der Waals surface area contributed by atoms with Crippen LogP contribution in [0, 0.1) is 5.82 Å². The first-order valence-electron chi connectivity index (χ1n) is 5.48. The molecule has 0 unspecified atom stereocenters. The Balaban J connectivity index is 2.12. The second-order valence-corrected chi connectivity index (χ2v) is 6.01. The number of benzene rings is 1. The third-order valence-corrected chi connectivity index (χ3v) is 4.37. The maximum Gasteiger partial charge on any atom is 0.242 e. The van der Waals surface area contributed by atoms with Crippen LogP contribution >= 0.6 is 11.6 Å². The Hall–Kier alpha value is -1.71. The zero-order valence-corrected chi connectivity index (χ0v) is 11.7. The average molecular weight is 320 g/mol. The van der Waals surface area contributed by atoms with E-state index in [0.29, 0.717) is 6.54 Å². The van der Waals surface area contributed by atoms with Crippen molar-refractivity contribution in [1.29, 1.82) is 0 Å². The lowest BCUT2D eigenvalue weighted by atomic mass is 10.3. The van der Waals surface area contributed by atoms with E-state index in [0.717, 1.165) is 12.1 Å². The second kappa shape index (κ2) is 5.73. The van der Waals surface area contributed by atoms with Gasteiger partial charge in [-0.3, -0.25) is 4.68 Å². The zero-order chi connectivity index (χ0) is 14.8. The Morgan fingerprint density at radius 1 is 1.45 bits per heavy atom. The molecule has 1 heterocycles. The normalized spacial score (nSPS) is 11.7. The van der Waals surface area contributed by atoms with Gasteiger partial charge in [0.05, 0.1) is 23.5 Å². The highest BCUT2D eigenvalue weighted by Gasteiger charge is 2.19. The Morgan fingerprint density at radius 2 is 2.20 bits per heavy atom. The lowest BCUT2D eigenvalue weighted by molar-refractivity contribution is 0.552. The molecule has 20 heavy (non-hydrogen) atoms. The first kappa shape index (κ1) is 14.7. The summed E-state index contributed by atoms with van der Waals surface area (Å²) in [5.74, 6) is -0.767. The SMILES string of the molecule is Nc1cc(S(=O)(=O)NCCn2ccnn2)c(Cl)cc1F. The molecule has 7 nitrogen and oxygen atoms in total.